The Balaban J connectivity index is 1.60. The summed E-state index contributed by atoms with van der Waals surface area (Å²) in [6.45, 7) is 9.49. The third-order valence-corrected chi connectivity index (χ3v) is 9.25. The van der Waals surface area contributed by atoms with Gasteiger partial charge in [-0.2, -0.15) is 0 Å². The maximum Gasteiger partial charge on any atom is 0.408 e. The summed E-state index contributed by atoms with van der Waals surface area (Å²) in [5.74, 6) is -0.940. The summed E-state index contributed by atoms with van der Waals surface area (Å²) in [6.07, 6.45) is 5.74. The Kier molecular flexibility index (Phi) is 14.1. The number of hydrogen-bond donors (Lipinski definition) is 1. The normalized spacial score (nSPS) is 12.9. The van der Waals surface area contributed by atoms with Gasteiger partial charge in [-0.25, -0.2) is 4.79 Å². The Morgan fingerprint density at radius 1 is 0.741 bits per heavy atom. The van der Waals surface area contributed by atoms with Gasteiger partial charge in [-0.05, 0) is 81.1 Å². The van der Waals surface area contributed by atoms with Crippen LogP contribution in [0.1, 0.15) is 57.9 Å². The molecule has 54 heavy (non-hydrogen) atoms. The van der Waals surface area contributed by atoms with Gasteiger partial charge in [-0.3, -0.25) is 19.4 Å². The molecule has 1 heterocycles. The molecule has 0 aliphatic rings. The molecule has 0 fully saturated rings. The number of pyridine rings is 1. The second-order valence-electron chi connectivity index (χ2n) is 15.5. The molecule has 3 aromatic carbocycles. The van der Waals surface area contributed by atoms with Crippen LogP contribution in [0.4, 0.5) is 4.79 Å². The zero-order valence-corrected chi connectivity index (χ0v) is 32.9. The van der Waals surface area contributed by atoms with Crippen molar-refractivity contribution < 1.29 is 23.9 Å². The Morgan fingerprint density at radius 3 is 2.04 bits per heavy atom. The molecule has 0 radical (unpaired) electrons. The van der Waals surface area contributed by atoms with Gasteiger partial charge in [0.25, 0.3) is 0 Å². The summed E-state index contributed by atoms with van der Waals surface area (Å²) < 4.78 is 5.40. The highest BCUT2D eigenvalue weighted by Crippen LogP contribution is 2.21. The van der Waals surface area contributed by atoms with Crippen molar-refractivity contribution in [3.8, 4) is 0 Å². The highest BCUT2D eigenvalue weighted by Gasteiger charge is 2.36. The quantitative estimate of drug-likeness (QED) is 0.138. The number of ether oxygens (including phenoxy) is 1. The zero-order valence-electron chi connectivity index (χ0n) is 32.9. The highest BCUT2D eigenvalue weighted by molar-refractivity contribution is 5.95. The van der Waals surface area contributed by atoms with Crippen LogP contribution in [0.15, 0.2) is 109 Å². The minimum absolute atomic E-state index is 0.205. The first-order valence-electron chi connectivity index (χ1n) is 18.4. The van der Waals surface area contributed by atoms with Crippen LogP contribution < -0.4 is 5.32 Å². The fourth-order valence-corrected chi connectivity index (χ4v) is 6.14. The van der Waals surface area contributed by atoms with Gasteiger partial charge in [0, 0.05) is 64.4 Å². The van der Waals surface area contributed by atoms with E-state index in [9.17, 15) is 19.2 Å². The third-order valence-electron chi connectivity index (χ3n) is 9.25. The molecule has 0 saturated heterocycles. The first kappa shape index (κ1) is 41.2. The van der Waals surface area contributed by atoms with E-state index in [1.54, 1.807) is 59.1 Å². The first-order chi connectivity index (χ1) is 25.5. The predicted octanol–water partition coefficient (Wildman–Crippen LogP) is 6.62. The van der Waals surface area contributed by atoms with Gasteiger partial charge >= 0.3 is 6.09 Å². The van der Waals surface area contributed by atoms with E-state index in [0.29, 0.717) is 25.8 Å². The van der Waals surface area contributed by atoms with Gasteiger partial charge in [-0.15, -0.1) is 0 Å². The number of benzene rings is 3. The van der Waals surface area contributed by atoms with Crippen molar-refractivity contribution in [2.75, 3.05) is 27.7 Å². The monoisotopic (exact) mass is 733 g/mol. The molecule has 0 aliphatic carbocycles. The number of carbonyl (C=O) groups excluding carboxylic acids is 4. The number of amides is 4. The van der Waals surface area contributed by atoms with Crippen LogP contribution in [-0.2, 0) is 38.4 Å². The molecule has 4 aromatic rings. The Bertz CT molecular complexity index is 1910. The number of likely N-dealkylation sites (N-methyl/N-ethyl adjacent to an activating group) is 3. The fourth-order valence-electron chi connectivity index (χ4n) is 6.14. The van der Waals surface area contributed by atoms with Crippen molar-refractivity contribution in [3.05, 3.63) is 126 Å². The summed E-state index contributed by atoms with van der Waals surface area (Å²) in [5, 5.41) is 4.94. The lowest BCUT2D eigenvalue weighted by Gasteiger charge is -2.36. The highest BCUT2D eigenvalue weighted by atomic mass is 16.6. The van der Waals surface area contributed by atoms with Crippen LogP contribution in [0.3, 0.4) is 0 Å². The van der Waals surface area contributed by atoms with Crippen molar-refractivity contribution in [1.29, 1.82) is 0 Å². The minimum atomic E-state index is -0.925. The second-order valence-corrected chi connectivity index (χ2v) is 15.5. The van der Waals surface area contributed by atoms with E-state index < -0.39 is 29.3 Å². The van der Waals surface area contributed by atoms with Gasteiger partial charge in [0.2, 0.25) is 17.7 Å². The molecular formula is C44H55N5O5. The number of nitrogens with one attached hydrogen (secondary N) is 1. The molecule has 4 rings (SSSR count). The lowest BCUT2D eigenvalue weighted by molar-refractivity contribution is -0.148. The number of nitrogens with zero attached hydrogens (tertiary/aromatic N) is 4. The molecule has 10 nitrogen and oxygen atoms in total. The predicted molar refractivity (Wildman–Crippen MR) is 214 cm³/mol. The Labute approximate surface area is 320 Å². The maximum absolute atomic E-state index is 14.7. The van der Waals surface area contributed by atoms with Crippen molar-refractivity contribution in [3.63, 3.8) is 0 Å². The first-order valence-corrected chi connectivity index (χ1v) is 18.4. The van der Waals surface area contributed by atoms with E-state index in [0.717, 1.165) is 27.6 Å². The number of rotatable bonds is 15. The molecule has 0 unspecified atom stereocenters. The summed E-state index contributed by atoms with van der Waals surface area (Å²) >= 11 is 0. The lowest BCUT2D eigenvalue weighted by atomic mass is 9.98. The fraction of sp³-hybridized carbons (Fsp3) is 0.386. The van der Waals surface area contributed by atoms with Crippen molar-refractivity contribution in [2.45, 2.75) is 83.5 Å². The third kappa shape index (κ3) is 12.3. The molecular weight excluding hydrogens is 679 g/mol. The molecule has 286 valence electrons. The summed E-state index contributed by atoms with van der Waals surface area (Å²) in [5.41, 5.74) is 1.31. The van der Waals surface area contributed by atoms with Crippen LogP contribution in [-0.4, -0.2) is 94.4 Å². The topological polar surface area (TPSA) is 112 Å². The molecule has 0 bridgehead atoms. The summed E-state index contributed by atoms with van der Waals surface area (Å²) in [4.78, 5) is 64.2. The maximum atomic E-state index is 14.7. The molecule has 0 aliphatic heterocycles. The summed E-state index contributed by atoms with van der Waals surface area (Å²) in [7, 11) is 5.00. The lowest BCUT2D eigenvalue weighted by Crippen LogP contribution is -2.56. The van der Waals surface area contributed by atoms with E-state index in [2.05, 4.69) is 10.3 Å². The number of hydrogen-bond acceptors (Lipinski definition) is 6. The average Bonchev–Trinajstić information content (AvgIpc) is 3.13. The van der Waals surface area contributed by atoms with Crippen molar-refractivity contribution in [1.82, 2.24) is 25.0 Å². The number of fused-ring (bicyclic) bond motifs is 1. The van der Waals surface area contributed by atoms with Crippen LogP contribution in [0.25, 0.3) is 10.8 Å². The van der Waals surface area contributed by atoms with Gasteiger partial charge in [0.1, 0.15) is 17.7 Å². The van der Waals surface area contributed by atoms with Crippen LogP contribution >= 0.6 is 0 Å². The Morgan fingerprint density at radius 2 is 1.37 bits per heavy atom. The molecule has 2 atom stereocenters. The van der Waals surface area contributed by atoms with Crippen molar-refractivity contribution >= 4 is 34.6 Å². The van der Waals surface area contributed by atoms with E-state index >= 15 is 0 Å². The number of aromatic nitrogens is 1. The standard InChI is InChI=1S/C44H55N5O5/c1-43(2,3)54-42(53)46-44(4,5)26-16-22-39(50)48(7)38(31-33-23-24-34-19-12-13-20-35(34)29-33)41(52)49(8)37(30-32-17-10-9-11-18-32)40(51)47(6)28-25-36-21-14-15-27-45-36/h9-24,27,29,37-38H,25-26,28,30-31H2,1-8H3,(H,46,53)/t37-,38-/m1/s1. The van der Waals surface area contributed by atoms with E-state index in [1.165, 1.54) is 15.9 Å². The molecule has 10 heteroatoms. The molecule has 0 saturated carbocycles. The molecule has 1 N–H and O–H groups in total. The molecule has 4 amide bonds. The van der Waals surface area contributed by atoms with E-state index in [4.69, 9.17) is 4.74 Å². The van der Waals surface area contributed by atoms with Gasteiger partial charge in [0.05, 0.1) is 0 Å². The largest absolute Gasteiger partial charge is 0.444 e. The summed E-state index contributed by atoms with van der Waals surface area (Å²) in [6, 6.07) is 27.6. The number of alkyl carbamates (subject to hydrolysis) is 1. The SMILES string of the molecule is CN(CCc1ccccn1)C(=O)[C@@H](Cc1ccccc1)N(C)C(=O)[C@@H](Cc1ccc2ccccc2c1)N(C)C(=O)C=CCC(C)(C)NC(=O)OC(C)(C)C. The van der Waals surface area contributed by atoms with Gasteiger partial charge in [0.15, 0.2) is 0 Å². The van der Waals surface area contributed by atoms with E-state index in [-0.39, 0.29) is 24.1 Å². The van der Waals surface area contributed by atoms with Crippen LogP contribution in [0, 0.1) is 0 Å². The Hall–Kier alpha value is -5.51. The minimum Gasteiger partial charge on any atom is -0.444 e. The van der Waals surface area contributed by atoms with Gasteiger partial charge in [-0.1, -0.05) is 84.9 Å². The smallest absolute Gasteiger partial charge is 0.408 e. The number of carbonyl (C=O) groups is 4. The molecule has 1 aromatic heterocycles. The van der Waals surface area contributed by atoms with E-state index in [1.807, 2.05) is 105 Å². The molecule has 0 spiro atoms. The van der Waals surface area contributed by atoms with Crippen LogP contribution in [0.2, 0.25) is 0 Å². The van der Waals surface area contributed by atoms with Crippen molar-refractivity contribution in [2.24, 2.45) is 0 Å². The van der Waals surface area contributed by atoms with Gasteiger partial charge < -0.3 is 24.8 Å². The van der Waals surface area contributed by atoms with Crippen LogP contribution in [0.5, 0.6) is 0 Å². The zero-order chi connectivity index (χ0) is 39.5. The second kappa shape index (κ2) is 18.5. The average molecular weight is 734 g/mol.